The van der Waals surface area contributed by atoms with Gasteiger partial charge in [0.25, 0.3) is 5.91 Å². The highest BCUT2D eigenvalue weighted by molar-refractivity contribution is 5.95. The fourth-order valence-electron chi connectivity index (χ4n) is 4.11. The summed E-state index contributed by atoms with van der Waals surface area (Å²) in [6.07, 6.45) is 5.07. The zero-order chi connectivity index (χ0) is 18.7. The first-order chi connectivity index (χ1) is 12.4. The van der Waals surface area contributed by atoms with Crippen LogP contribution in [0.4, 0.5) is 5.69 Å². The molecule has 1 heterocycles. The largest absolute Gasteiger partial charge is 0.371 e. The van der Waals surface area contributed by atoms with Crippen LogP contribution in [0.2, 0.25) is 0 Å². The fourth-order valence-corrected chi connectivity index (χ4v) is 4.11. The van der Waals surface area contributed by atoms with Crippen molar-refractivity contribution in [2.45, 2.75) is 37.6 Å². The van der Waals surface area contributed by atoms with Gasteiger partial charge in [0.05, 0.1) is 11.5 Å². The third-order valence-electron chi connectivity index (χ3n) is 5.63. The number of likely N-dealkylation sites (N-methyl/N-ethyl adjacent to an activating group) is 1. The van der Waals surface area contributed by atoms with Crippen molar-refractivity contribution in [3.63, 3.8) is 0 Å². The Morgan fingerprint density at radius 3 is 2.46 bits per heavy atom. The van der Waals surface area contributed by atoms with Crippen LogP contribution in [0.5, 0.6) is 0 Å². The number of piperidine rings is 1. The molecule has 2 fully saturated rings. The zero-order valence-corrected chi connectivity index (χ0v) is 15.8. The van der Waals surface area contributed by atoms with Gasteiger partial charge >= 0.3 is 0 Å². The molecular formula is C20H30N4O2. The first-order valence-electron chi connectivity index (χ1n) is 9.50. The van der Waals surface area contributed by atoms with Gasteiger partial charge in [-0.05, 0) is 70.5 Å². The number of amides is 2. The standard InChI is InChI=1S/C20H30N4O2/c1-23(2)14-20(10-4-11-20)22-19(26)15-6-8-17(9-7-15)24-12-3-5-16(13-24)18(21)25/h6-9,16H,3-5,10-14H2,1-2H3,(H2,21,25)(H,22,26). The van der Waals surface area contributed by atoms with E-state index in [1.165, 1.54) is 6.42 Å². The molecule has 1 saturated carbocycles. The maximum absolute atomic E-state index is 12.7. The number of anilines is 1. The molecule has 1 aliphatic heterocycles. The molecule has 1 aromatic carbocycles. The number of primary amides is 1. The van der Waals surface area contributed by atoms with Crippen LogP contribution >= 0.6 is 0 Å². The highest BCUT2D eigenvalue weighted by Crippen LogP contribution is 2.32. The Morgan fingerprint density at radius 1 is 1.23 bits per heavy atom. The SMILES string of the molecule is CN(C)CC1(NC(=O)c2ccc(N3CCCC(C(N)=O)C3)cc2)CCC1. The summed E-state index contributed by atoms with van der Waals surface area (Å²) in [5.74, 6) is -0.319. The minimum Gasteiger partial charge on any atom is -0.371 e. The van der Waals surface area contributed by atoms with E-state index in [0.29, 0.717) is 12.1 Å². The van der Waals surface area contributed by atoms with Crippen LogP contribution in [0.1, 0.15) is 42.5 Å². The number of nitrogens with one attached hydrogen (secondary N) is 1. The van der Waals surface area contributed by atoms with Gasteiger partial charge in [0.2, 0.25) is 5.91 Å². The molecule has 3 N–H and O–H groups in total. The second kappa shape index (κ2) is 7.66. The minimum absolute atomic E-state index is 0.00763. The molecule has 1 atom stereocenters. The summed E-state index contributed by atoms with van der Waals surface area (Å²) in [6.45, 7) is 2.45. The third kappa shape index (κ3) is 4.18. The van der Waals surface area contributed by atoms with E-state index in [-0.39, 0.29) is 23.3 Å². The maximum atomic E-state index is 12.7. The molecule has 1 saturated heterocycles. The first kappa shape index (κ1) is 18.7. The van der Waals surface area contributed by atoms with Gasteiger partial charge in [0.15, 0.2) is 0 Å². The number of nitrogens with zero attached hydrogens (tertiary/aromatic N) is 2. The van der Waals surface area contributed by atoms with Crippen molar-refractivity contribution in [2.24, 2.45) is 11.7 Å². The zero-order valence-electron chi connectivity index (χ0n) is 15.8. The minimum atomic E-state index is -0.225. The van der Waals surface area contributed by atoms with Crippen molar-refractivity contribution in [3.8, 4) is 0 Å². The number of benzene rings is 1. The maximum Gasteiger partial charge on any atom is 0.251 e. The second-order valence-corrected chi connectivity index (χ2v) is 8.06. The first-order valence-corrected chi connectivity index (χ1v) is 9.50. The van der Waals surface area contributed by atoms with Crippen molar-refractivity contribution in [1.29, 1.82) is 0 Å². The Hall–Kier alpha value is -2.08. The van der Waals surface area contributed by atoms with E-state index in [2.05, 4.69) is 15.1 Å². The average molecular weight is 358 g/mol. The van der Waals surface area contributed by atoms with Gasteiger partial charge in [-0.25, -0.2) is 0 Å². The number of nitrogens with two attached hydrogens (primary N) is 1. The number of carbonyl (C=O) groups excluding carboxylic acids is 2. The fraction of sp³-hybridized carbons (Fsp3) is 0.600. The summed E-state index contributed by atoms with van der Waals surface area (Å²) >= 11 is 0. The quantitative estimate of drug-likeness (QED) is 0.810. The summed E-state index contributed by atoms with van der Waals surface area (Å²) < 4.78 is 0. The van der Waals surface area contributed by atoms with Crippen LogP contribution in [0.15, 0.2) is 24.3 Å². The summed E-state index contributed by atoms with van der Waals surface area (Å²) in [6, 6.07) is 7.69. The molecular weight excluding hydrogens is 328 g/mol. The molecule has 26 heavy (non-hydrogen) atoms. The molecule has 0 aromatic heterocycles. The van der Waals surface area contributed by atoms with Crippen LogP contribution in [-0.4, -0.2) is 56.0 Å². The molecule has 3 rings (SSSR count). The van der Waals surface area contributed by atoms with Gasteiger partial charge in [-0.15, -0.1) is 0 Å². The lowest BCUT2D eigenvalue weighted by Gasteiger charge is -2.44. The van der Waals surface area contributed by atoms with Crippen LogP contribution in [0.3, 0.4) is 0 Å². The lowest BCUT2D eigenvalue weighted by Crippen LogP contribution is -2.58. The van der Waals surface area contributed by atoms with E-state index in [0.717, 1.165) is 44.5 Å². The lowest BCUT2D eigenvalue weighted by molar-refractivity contribution is -0.122. The molecule has 0 radical (unpaired) electrons. The molecule has 0 bridgehead atoms. The normalized spacial score (nSPS) is 22.0. The van der Waals surface area contributed by atoms with Crippen molar-refractivity contribution in [3.05, 3.63) is 29.8 Å². The smallest absolute Gasteiger partial charge is 0.251 e. The van der Waals surface area contributed by atoms with Crippen molar-refractivity contribution >= 4 is 17.5 Å². The summed E-state index contributed by atoms with van der Waals surface area (Å²) in [5, 5.41) is 3.24. The summed E-state index contributed by atoms with van der Waals surface area (Å²) in [5.41, 5.74) is 7.10. The Kier molecular flexibility index (Phi) is 5.51. The Bertz CT molecular complexity index is 652. The van der Waals surface area contributed by atoms with Crippen molar-refractivity contribution < 1.29 is 9.59 Å². The van der Waals surface area contributed by atoms with Crippen molar-refractivity contribution in [2.75, 3.05) is 38.6 Å². The van der Waals surface area contributed by atoms with E-state index in [9.17, 15) is 9.59 Å². The molecule has 1 unspecified atom stereocenters. The highest BCUT2D eigenvalue weighted by atomic mass is 16.2. The van der Waals surface area contributed by atoms with Gasteiger partial charge in [-0.1, -0.05) is 0 Å². The Morgan fingerprint density at radius 2 is 1.92 bits per heavy atom. The van der Waals surface area contributed by atoms with Gasteiger partial charge in [0.1, 0.15) is 0 Å². The van der Waals surface area contributed by atoms with Crippen LogP contribution < -0.4 is 16.0 Å². The van der Waals surface area contributed by atoms with Crippen LogP contribution in [0.25, 0.3) is 0 Å². The number of hydrogen-bond acceptors (Lipinski definition) is 4. The number of rotatable bonds is 6. The molecule has 2 amide bonds. The average Bonchev–Trinajstić information content (AvgIpc) is 2.59. The molecule has 0 spiro atoms. The molecule has 6 nitrogen and oxygen atoms in total. The predicted molar refractivity (Wildman–Crippen MR) is 103 cm³/mol. The van der Waals surface area contributed by atoms with Crippen molar-refractivity contribution in [1.82, 2.24) is 10.2 Å². The highest BCUT2D eigenvalue weighted by Gasteiger charge is 2.38. The predicted octanol–water partition coefficient (Wildman–Crippen LogP) is 1.60. The van der Waals surface area contributed by atoms with Crippen LogP contribution in [0, 0.1) is 5.92 Å². The molecule has 142 valence electrons. The van der Waals surface area contributed by atoms with E-state index in [1.807, 2.05) is 38.4 Å². The number of carbonyl (C=O) groups is 2. The number of hydrogen-bond donors (Lipinski definition) is 2. The van der Waals surface area contributed by atoms with Gasteiger partial charge in [-0.3, -0.25) is 9.59 Å². The topological polar surface area (TPSA) is 78.7 Å². The van der Waals surface area contributed by atoms with Gasteiger partial charge in [0, 0.05) is 30.9 Å². The van der Waals surface area contributed by atoms with E-state index in [1.54, 1.807) is 0 Å². The van der Waals surface area contributed by atoms with E-state index in [4.69, 9.17) is 5.73 Å². The third-order valence-corrected chi connectivity index (χ3v) is 5.63. The monoisotopic (exact) mass is 358 g/mol. The Balaban J connectivity index is 1.63. The molecule has 1 aliphatic carbocycles. The second-order valence-electron chi connectivity index (χ2n) is 8.06. The lowest BCUT2D eigenvalue weighted by atomic mass is 9.76. The van der Waals surface area contributed by atoms with Gasteiger partial charge < -0.3 is 20.9 Å². The molecule has 2 aliphatic rings. The van der Waals surface area contributed by atoms with E-state index >= 15 is 0 Å². The summed E-state index contributed by atoms with van der Waals surface area (Å²) in [7, 11) is 4.08. The molecule has 1 aromatic rings. The van der Waals surface area contributed by atoms with Gasteiger partial charge in [-0.2, -0.15) is 0 Å². The molecule has 6 heteroatoms. The Labute approximate surface area is 155 Å². The van der Waals surface area contributed by atoms with Crippen LogP contribution in [-0.2, 0) is 4.79 Å². The summed E-state index contributed by atoms with van der Waals surface area (Å²) in [4.78, 5) is 28.4. The van der Waals surface area contributed by atoms with E-state index < -0.39 is 0 Å².